The molecular weight excluding hydrogens is 384 g/mol. The van der Waals surface area contributed by atoms with Crippen LogP contribution in [-0.2, 0) is 28.7 Å². The third kappa shape index (κ3) is 9.16. The van der Waals surface area contributed by atoms with Gasteiger partial charge in [0, 0.05) is 25.3 Å². The van der Waals surface area contributed by atoms with Crippen LogP contribution in [0.2, 0.25) is 0 Å². The minimum absolute atomic E-state index is 0.0226. The number of amides is 3. The summed E-state index contributed by atoms with van der Waals surface area (Å²) in [4.78, 5) is 48.5. The number of rotatable bonds is 14. The third-order valence-corrected chi connectivity index (χ3v) is 5.26. The van der Waals surface area contributed by atoms with Gasteiger partial charge in [0.1, 0.15) is 12.3 Å². The molecule has 0 aliphatic carbocycles. The van der Waals surface area contributed by atoms with E-state index in [0.29, 0.717) is 32.8 Å². The van der Waals surface area contributed by atoms with Gasteiger partial charge in [0.25, 0.3) is 0 Å². The van der Waals surface area contributed by atoms with Gasteiger partial charge in [-0.05, 0) is 5.25 Å². The summed E-state index contributed by atoms with van der Waals surface area (Å²) >= 11 is 1.45. The first kappa shape index (κ1) is 24.6. The Labute approximate surface area is 171 Å². The average Bonchev–Trinajstić information content (AvgIpc) is 2.86. The van der Waals surface area contributed by atoms with Crippen LogP contribution < -0.4 is 5.32 Å². The van der Waals surface area contributed by atoms with Crippen LogP contribution in [0.1, 0.15) is 40.5 Å². The van der Waals surface area contributed by atoms with E-state index in [4.69, 9.17) is 9.47 Å². The number of ether oxygens (including phenoxy) is 2. The minimum atomic E-state index is -0.389. The van der Waals surface area contributed by atoms with Crippen molar-refractivity contribution in [3.05, 3.63) is 0 Å². The Bertz CT molecular complexity index is 553. The van der Waals surface area contributed by atoms with Crippen molar-refractivity contribution >= 4 is 35.3 Å². The summed E-state index contributed by atoms with van der Waals surface area (Å²) < 4.78 is 10.7. The van der Waals surface area contributed by atoms with Crippen molar-refractivity contribution in [2.75, 3.05) is 39.5 Å². The number of thioether (sulfide) groups is 1. The minimum Gasteiger partial charge on any atom is -0.379 e. The van der Waals surface area contributed by atoms with Gasteiger partial charge in [-0.1, -0.05) is 27.7 Å². The monoisotopic (exact) mass is 416 g/mol. The lowest BCUT2D eigenvalue weighted by Crippen LogP contribution is -2.42. The summed E-state index contributed by atoms with van der Waals surface area (Å²) in [5.74, 6) is -0.781. The summed E-state index contributed by atoms with van der Waals surface area (Å²) in [6, 6.07) is 0. The molecule has 0 aromatic heterocycles. The number of nitrogens with one attached hydrogen (secondary N) is 1. The summed E-state index contributed by atoms with van der Waals surface area (Å²) in [6.07, 6.45) is 0.555. The maximum atomic E-state index is 12.2. The van der Waals surface area contributed by atoms with E-state index in [1.807, 2.05) is 27.7 Å². The van der Waals surface area contributed by atoms with E-state index in [0.717, 1.165) is 4.90 Å². The van der Waals surface area contributed by atoms with Crippen LogP contribution >= 0.6 is 11.8 Å². The fourth-order valence-corrected chi connectivity index (χ4v) is 3.64. The van der Waals surface area contributed by atoms with E-state index >= 15 is 0 Å². The number of imide groups is 1. The summed E-state index contributed by atoms with van der Waals surface area (Å²) in [5.41, 5.74) is 0. The second-order valence-corrected chi connectivity index (χ2v) is 8.93. The Morgan fingerprint density at radius 2 is 1.75 bits per heavy atom. The summed E-state index contributed by atoms with van der Waals surface area (Å²) in [5, 5.41) is 2.49. The van der Waals surface area contributed by atoms with Crippen LogP contribution in [0.5, 0.6) is 0 Å². The Kier molecular flexibility index (Phi) is 11.3. The Morgan fingerprint density at radius 3 is 2.36 bits per heavy atom. The predicted octanol–water partition coefficient (Wildman–Crippen LogP) is 1.02. The van der Waals surface area contributed by atoms with Gasteiger partial charge in [-0.25, -0.2) is 0 Å². The van der Waals surface area contributed by atoms with Crippen LogP contribution in [0.25, 0.3) is 0 Å². The highest BCUT2D eigenvalue weighted by Crippen LogP contribution is 2.27. The molecule has 1 N–H and O–H groups in total. The second-order valence-electron chi connectivity index (χ2n) is 7.14. The molecule has 0 bridgehead atoms. The lowest BCUT2D eigenvalue weighted by Gasteiger charge is -2.15. The highest BCUT2D eigenvalue weighted by molar-refractivity contribution is 8.01. The van der Waals surface area contributed by atoms with Gasteiger partial charge in [-0.2, -0.15) is 0 Å². The molecule has 1 saturated heterocycles. The van der Waals surface area contributed by atoms with E-state index in [1.165, 1.54) is 11.8 Å². The van der Waals surface area contributed by atoms with Crippen LogP contribution in [0.4, 0.5) is 0 Å². The molecule has 160 valence electrons. The molecule has 0 aromatic carbocycles. The normalized spacial score (nSPS) is 17.1. The second kappa shape index (κ2) is 12.9. The first-order valence-corrected chi connectivity index (χ1v) is 10.6. The van der Waals surface area contributed by atoms with E-state index in [9.17, 15) is 19.2 Å². The zero-order valence-electron chi connectivity index (χ0n) is 17.2. The number of hydrogen-bond acceptors (Lipinski definition) is 7. The third-order valence-electron chi connectivity index (χ3n) is 4.02. The molecule has 1 fully saturated rings. The first-order chi connectivity index (χ1) is 13.2. The van der Waals surface area contributed by atoms with Crippen molar-refractivity contribution in [1.29, 1.82) is 0 Å². The molecule has 1 rings (SSSR count). The van der Waals surface area contributed by atoms with Crippen molar-refractivity contribution in [3.63, 3.8) is 0 Å². The van der Waals surface area contributed by atoms with E-state index in [2.05, 4.69) is 5.32 Å². The number of carbonyl (C=O) groups excluding carboxylic acids is 4. The van der Waals surface area contributed by atoms with Gasteiger partial charge in [0.15, 0.2) is 0 Å². The zero-order valence-corrected chi connectivity index (χ0v) is 18.0. The molecule has 0 aromatic rings. The molecule has 0 spiro atoms. The van der Waals surface area contributed by atoms with Crippen LogP contribution in [0, 0.1) is 5.92 Å². The maximum Gasteiger partial charge on any atom is 0.243 e. The quantitative estimate of drug-likeness (QED) is 0.333. The molecule has 1 heterocycles. The standard InChI is InChI=1S/C19H32N2O6S/c1-13(2)15(22)5-7-26-9-10-27-8-6-20-17(23)12-21-18(24)11-16(19(21)25)28-14(3)4/h13-14,16H,5-12H2,1-4H3,(H,20,23). The van der Waals surface area contributed by atoms with Gasteiger partial charge in [-0.3, -0.25) is 24.1 Å². The first-order valence-electron chi connectivity index (χ1n) is 9.67. The lowest BCUT2D eigenvalue weighted by molar-refractivity contribution is -0.142. The number of carbonyl (C=O) groups is 4. The number of ketones is 1. The van der Waals surface area contributed by atoms with Gasteiger partial charge < -0.3 is 14.8 Å². The average molecular weight is 417 g/mol. The highest BCUT2D eigenvalue weighted by atomic mass is 32.2. The zero-order chi connectivity index (χ0) is 21.1. The van der Waals surface area contributed by atoms with Gasteiger partial charge in [0.05, 0.1) is 31.7 Å². The predicted molar refractivity (Wildman–Crippen MR) is 107 cm³/mol. The van der Waals surface area contributed by atoms with Crippen molar-refractivity contribution < 1.29 is 28.7 Å². The molecule has 3 amide bonds. The van der Waals surface area contributed by atoms with Crippen LogP contribution in [-0.4, -0.2) is 78.4 Å². The van der Waals surface area contributed by atoms with E-state index in [-0.39, 0.29) is 59.4 Å². The molecule has 1 atom stereocenters. The Hall–Kier alpha value is -1.45. The van der Waals surface area contributed by atoms with Crippen LogP contribution in [0.15, 0.2) is 0 Å². The summed E-state index contributed by atoms with van der Waals surface area (Å²) in [7, 11) is 0. The largest absolute Gasteiger partial charge is 0.379 e. The molecular formula is C19H32N2O6S. The molecule has 8 nitrogen and oxygen atoms in total. The molecule has 9 heteroatoms. The fraction of sp³-hybridized carbons (Fsp3) is 0.789. The SMILES string of the molecule is CC(C)SC1CC(=O)N(CC(=O)NCCOCCOCCC(=O)C(C)C)C1=O. The number of hydrogen-bond donors (Lipinski definition) is 1. The van der Waals surface area contributed by atoms with Gasteiger partial charge in [-0.15, -0.1) is 11.8 Å². The molecule has 28 heavy (non-hydrogen) atoms. The van der Waals surface area contributed by atoms with Crippen molar-refractivity contribution in [1.82, 2.24) is 10.2 Å². The molecule has 1 aliphatic rings. The molecule has 1 aliphatic heterocycles. The van der Waals surface area contributed by atoms with E-state index in [1.54, 1.807) is 0 Å². The molecule has 0 saturated carbocycles. The smallest absolute Gasteiger partial charge is 0.243 e. The van der Waals surface area contributed by atoms with Crippen molar-refractivity contribution in [2.24, 2.45) is 5.92 Å². The maximum absolute atomic E-state index is 12.2. The van der Waals surface area contributed by atoms with Gasteiger partial charge >= 0.3 is 0 Å². The fourth-order valence-electron chi connectivity index (χ4n) is 2.50. The summed E-state index contributed by atoms with van der Waals surface area (Å²) in [6.45, 7) is 9.11. The Balaban J connectivity index is 2.09. The van der Waals surface area contributed by atoms with E-state index < -0.39 is 0 Å². The Morgan fingerprint density at radius 1 is 1.11 bits per heavy atom. The number of nitrogens with zero attached hydrogens (tertiary/aromatic N) is 1. The lowest BCUT2D eigenvalue weighted by atomic mass is 10.1. The van der Waals surface area contributed by atoms with Crippen LogP contribution in [0.3, 0.4) is 0 Å². The van der Waals surface area contributed by atoms with Crippen molar-refractivity contribution in [3.8, 4) is 0 Å². The van der Waals surface area contributed by atoms with Crippen molar-refractivity contribution in [2.45, 2.75) is 51.0 Å². The number of Topliss-reactive ketones (excluding diaryl/α,β-unsaturated/α-hetero) is 1. The number of likely N-dealkylation sites (tertiary alicyclic amines) is 1. The van der Waals surface area contributed by atoms with Gasteiger partial charge in [0.2, 0.25) is 17.7 Å². The topological polar surface area (TPSA) is 102 Å². The highest BCUT2D eigenvalue weighted by Gasteiger charge is 2.39. The molecule has 0 radical (unpaired) electrons. The molecule has 1 unspecified atom stereocenters.